The van der Waals surface area contributed by atoms with Crippen LogP contribution in [0.4, 0.5) is 0 Å². The van der Waals surface area contributed by atoms with E-state index in [4.69, 9.17) is 14.9 Å². The summed E-state index contributed by atoms with van der Waals surface area (Å²) in [6, 6.07) is 18.4. The fourth-order valence-corrected chi connectivity index (χ4v) is 1.74. The molecule has 0 radical (unpaired) electrons. The summed E-state index contributed by atoms with van der Waals surface area (Å²) < 4.78 is 11.2. The maximum atomic E-state index is 7.90. The SMILES string of the molecule is CCC(C)C(=NC(=N)Oc1ccccc1)Oc1ccccc1. The monoisotopic (exact) mass is 296 g/mol. The van der Waals surface area contributed by atoms with Crippen molar-refractivity contribution >= 4 is 11.9 Å². The van der Waals surface area contributed by atoms with Crippen LogP contribution in [0.1, 0.15) is 20.3 Å². The molecule has 2 aromatic carbocycles. The van der Waals surface area contributed by atoms with Gasteiger partial charge in [0.1, 0.15) is 11.5 Å². The number of ether oxygens (including phenoxy) is 2. The van der Waals surface area contributed by atoms with Crippen molar-refractivity contribution in [2.75, 3.05) is 0 Å². The van der Waals surface area contributed by atoms with Crippen LogP contribution in [0.2, 0.25) is 0 Å². The predicted octanol–water partition coefficient (Wildman–Crippen LogP) is 4.52. The first-order valence-electron chi connectivity index (χ1n) is 7.32. The van der Waals surface area contributed by atoms with Crippen molar-refractivity contribution in [2.45, 2.75) is 20.3 Å². The molecule has 0 saturated carbocycles. The number of nitrogens with zero attached hydrogens (tertiary/aromatic N) is 1. The Kier molecular flexibility index (Phi) is 5.72. The molecular weight excluding hydrogens is 276 g/mol. The van der Waals surface area contributed by atoms with E-state index in [2.05, 4.69) is 11.9 Å². The maximum Gasteiger partial charge on any atom is 0.317 e. The number of benzene rings is 2. The molecule has 1 atom stereocenters. The molecule has 0 bridgehead atoms. The van der Waals surface area contributed by atoms with Crippen LogP contribution in [0, 0.1) is 11.3 Å². The van der Waals surface area contributed by atoms with Crippen molar-refractivity contribution < 1.29 is 9.47 Å². The summed E-state index contributed by atoms with van der Waals surface area (Å²) in [5, 5.41) is 7.90. The zero-order chi connectivity index (χ0) is 15.8. The number of hydrogen-bond acceptors (Lipinski definition) is 3. The first-order valence-corrected chi connectivity index (χ1v) is 7.32. The zero-order valence-electron chi connectivity index (χ0n) is 12.8. The summed E-state index contributed by atoms with van der Waals surface area (Å²) in [4.78, 5) is 4.19. The molecule has 1 unspecified atom stereocenters. The number of para-hydroxylation sites is 2. The molecule has 0 fully saturated rings. The van der Waals surface area contributed by atoms with Gasteiger partial charge in [0.05, 0.1) is 0 Å². The van der Waals surface area contributed by atoms with Crippen LogP contribution in [0.3, 0.4) is 0 Å². The molecule has 4 heteroatoms. The third-order valence-corrected chi connectivity index (χ3v) is 3.17. The molecule has 0 aliphatic heterocycles. The largest absolute Gasteiger partial charge is 0.443 e. The van der Waals surface area contributed by atoms with Gasteiger partial charge in [0.2, 0.25) is 5.90 Å². The second-order valence-corrected chi connectivity index (χ2v) is 4.89. The summed E-state index contributed by atoms with van der Waals surface area (Å²) in [5.41, 5.74) is 0. The van der Waals surface area contributed by atoms with Gasteiger partial charge in [-0.05, 0) is 30.7 Å². The van der Waals surface area contributed by atoms with Crippen LogP contribution in [-0.2, 0) is 0 Å². The van der Waals surface area contributed by atoms with Gasteiger partial charge in [-0.25, -0.2) is 5.41 Å². The number of hydrogen-bond donors (Lipinski definition) is 1. The van der Waals surface area contributed by atoms with E-state index in [0.29, 0.717) is 17.4 Å². The molecule has 2 rings (SSSR count). The minimum absolute atomic E-state index is 0.0972. The third-order valence-electron chi connectivity index (χ3n) is 3.17. The fourth-order valence-electron chi connectivity index (χ4n) is 1.74. The van der Waals surface area contributed by atoms with Gasteiger partial charge in [-0.3, -0.25) is 0 Å². The molecule has 0 saturated heterocycles. The van der Waals surface area contributed by atoms with Crippen molar-refractivity contribution in [1.29, 1.82) is 5.41 Å². The topological polar surface area (TPSA) is 54.7 Å². The molecule has 22 heavy (non-hydrogen) atoms. The molecule has 0 amide bonds. The highest BCUT2D eigenvalue weighted by Crippen LogP contribution is 2.15. The average molecular weight is 296 g/mol. The first kappa shape index (κ1) is 15.8. The van der Waals surface area contributed by atoms with E-state index in [1.807, 2.05) is 55.5 Å². The van der Waals surface area contributed by atoms with Gasteiger partial charge in [-0.2, -0.15) is 4.99 Å². The summed E-state index contributed by atoms with van der Waals surface area (Å²) in [5.74, 6) is 1.86. The van der Waals surface area contributed by atoms with Gasteiger partial charge in [0.25, 0.3) is 0 Å². The molecule has 0 spiro atoms. The zero-order valence-corrected chi connectivity index (χ0v) is 12.8. The minimum atomic E-state index is -0.183. The van der Waals surface area contributed by atoms with Crippen LogP contribution < -0.4 is 9.47 Å². The van der Waals surface area contributed by atoms with E-state index < -0.39 is 0 Å². The number of rotatable bonds is 4. The Morgan fingerprint density at radius 1 is 0.955 bits per heavy atom. The van der Waals surface area contributed by atoms with E-state index in [9.17, 15) is 0 Å². The standard InChI is InChI=1S/C18H20N2O2/c1-3-14(2)17(21-15-10-6-4-7-11-15)20-18(19)22-16-12-8-5-9-13-16/h4-14,19H,3H2,1-2H3. The van der Waals surface area contributed by atoms with E-state index in [1.165, 1.54) is 0 Å². The highest BCUT2D eigenvalue weighted by molar-refractivity contribution is 5.92. The summed E-state index contributed by atoms with van der Waals surface area (Å²) in [7, 11) is 0. The van der Waals surface area contributed by atoms with Crippen molar-refractivity contribution in [1.82, 2.24) is 0 Å². The molecule has 1 N–H and O–H groups in total. The normalized spacial score (nSPS) is 12.5. The molecule has 4 nitrogen and oxygen atoms in total. The van der Waals surface area contributed by atoms with Crippen LogP contribution >= 0.6 is 0 Å². The van der Waals surface area contributed by atoms with Gasteiger partial charge in [-0.15, -0.1) is 0 Å². The Bertz CT molecular complexity index is 624. The van der Waals surface area contributed by atoms with Crippen LogP contribution in [-0.4, -0.2) is 11.9 Å². The van der Waals surface area contributed by atoms with Crippen molar-refractivity contribution in [3.63, 3.8) is 0 Å². The van der Waals surface area contributed by atoms with Crippen LogP contribution in [0.5, 0.6) is 11.5 Å². The van der Waals surface area contributed by atoms with Crippen molar-refractivity contribution in [3.05, 3.63) is 60.7 Å². The Labute approximate surface area is 130 Å². The second kappa shape index (κ2) is 7.98. The van der Waals surface area contributed by atoms with Crippen molar-refractivity contribution in [3.8, 4) is 11.5 Å². The van der Waals surface area contributed by atoms with Crippen molar-refractivity contribution in [2.24, 2.45) is 10.9 Å². The highest BCUT2D eigenvalue weighted by Gasteiger charge is 2.13. The van der Waals surface area contributed by atoms with Gasteiger partial charge < -0.3 is 9.47 Å². The minimum Gasteiger partial charge on any atom is -0.443 e. The van der Waals surface area contributed by atoms with Gasteiger partial charge in [0.15, 0.2) is 0 Å². The number of aliphatic imine (C=N–C) groups is 1. The van der Waals surface area contributed by atoms with Crippen LogP contribution in [0.25, 0.3) is 0 Å². The van der Waals surface area contributed by atoms with Gasteiger partial charge in [0, 0.05) is 5.92 Å². The smallest absolute Gasteiger partial charge is 0.317 e. The molecule has 0 heterocycles. The Morgan fingerprint density at radius 2 is 1.45 bits per heavy atom. The lowest BCUT2D eigenvalue weighted by Crippen LogP contribution is -2.21. The summed E-state index contributed by atoms with van der Waals surface area (Å²) >= 11 is 0. The Balaban J connectivity index is 2.12. The Hall–Kier alpha value is -2.62. The van der Waals surface area contributed by atoms with E-state index in [-0.39, 0.29) is 11.9 Å². The second-order valence-electron chi connectivity index (χ2n) is 4.89. The lowest BCUT2D eigenvalue weighted by atomic mass is 10.1. The van der Waals surface area contributed by atoms with E-state index in [0.717, 1.165) is 6.42 Å². The average Bonchev–Trinajstić information content (AvgIpc) is 2.55. The van der Waals surface area contributed by atoms with E-state index >= 15 is 0 Å². The van der Waals surface area contributed by atoms with Gasteiger partial charge in [-0.1, -0.05) is 50.2 Å². The third kappa shape index (κ3) is 4.74. The summed E-state index contributed by atoms with van der Waals surface area (Å²) in [6.45, 7) is 4.06. The molecule has 114 valence electrons. The predicted molar refractivity (Wildman–Crippen MR) is 88.8 cm³/mol. The van der Waals surface area contributed by atoms with Crippen LogP contribution in [0.15, 0.2) is 65.7 Å². The first-order chi connectivity index (χ1) is 10.7. The molecule has 0 aliphatic rings. The lowest BCUT2D eigenvalue weighted by Gasteiger charge is -2.14. The number of amidine groups is 1. The maximum absolute atomic E-state index is 7.90. The summed E-state index contributed by atoms with van der Waals surface area (Å²) in [6.07, 6.45) is 0.865. The highest BCUT2D eigenvalue weighted by atomic mass is 16.5. The Morgan fingerprint density at radius 3 is 1.95 bits per heavy atom. The lowest BCUT2D eigenvalue weighted by molar-refractivity contribution is 0.482. The van der Waals surface area contributed by atoms with Gasteiger partial charge >= 0.3 is 6.02 Å². The number of nitrogens with one attached hydrogen (secondary N) is 1. The fraction of sp³-hybridized carbons (Fsp3) is 0.222. The van der Waals surface area contributed by atoms with E-state index in [1.54, 1.807) is 12.1 Å². The molecular formula is C18H20N2O2. The molecule has 0 aromatic heterocycles. The molecule has 2 aromatic rings. The molecule has 0 aliphatic carbocycles. The quantitative estimate of drug-likeness (QED) is 0.666.